The monoisotopic (exact) mass is 364 g/mol. The summed E-state index contributed by atoms with van der Waals surface area (Å²) in [6, 6.07) is 7.60. The van der Waals surface area contributed by atoms with Gasteiger partial charge in [0.15, 0.2) is 5.82 Å². The molecule has 1 atom stereocenters. The second kappa shape index (κ2) is 6.83. The molecule has 1 aliphatic rings. The topological polar surface area (TPSA) is 105 Å². The predicted molar refractivity (Wildman–Crippen MR) is 91.3 cm³/mol. The zero-order valence-electron chi connectivity index (χ0n) is 14.0. The number of amides is 1. The molecule has 9 heteroatoms. The van der Waals surface area contributed by atoms with Crippen LogP contribution in [0, 0.1) is 0 Å². The van der Waals surface area contributed by atoms with Gasteiger partial charge in [-0.3, -0.25) is 9.10 Å². The highest BCUT2D eigenvalue weighted by atomic mass is 32.2. The summed E-state index contributed by atoms with van der Waals surface area (Å²) in [5, 5.41) is 6.49. The highest BCUT2D eigenvalue weighted by molar-refractivity contribution is 7.92. The van der Waals surface area contributed by atoms with E-state index in [0.717, 1.165) is 23.4 Å². The number of hydrogen-bond donors (Lipinski definition) is 1. The van der Waals surface area contributed by atoms with Crippen LogP contribution < -0.4 is 9.62 Å². The lowest BCUT2D eigenvalue weighted by molar-refractivity contribution is -0.122. The molecule has 25 heavy (non-hydrogen) atoms. The van der Waals surface area contributed by atoms with E-state index in [0.29, 0.717) is 23.3 Å². The predicted octanol–water partition coefficient (Wildman–Crippen LogP) is 1.42. The first-order valence-corrected chi connectivity index (χ1v) is 9.85. The minimum absolute atomic E-state index is 0.0891. The van der Waals surface area contributed by atoms with Crippen LogP contribution in [0.15, 0.2) is 34.9 Å². The van der Waals surface area contributed by atoms with E-state index in [1.165, 1.54) is 6.92 Å². The van der Waals surface area contributed by atoms with Gasteiger partial charge in [-0.1, -0.05) is 23.4 Å². The van der Waals surface area contributed by atoms with Crippen molar-refractivity contribution in [2.45, 2.75) is 38.3 Å². The largest absolute Gasteiger partial charge is 0.347 e. The van der Waals surface area contributed by atoms with Crippen LogP contribution in [0.25, 0.3) is 0 Å². The molecule has 2 aromatic rings. The summed E-state index contributed by atoms with van der Waals surface area (Å²) >= 11 is 0. The Morgan fingerprint density at radius 3 is 2.64 bits per heavy atom. The van der Waals surface area contributed by atoms with Crippen LogP contribution in [0.3, 0.4) is 0 Å². The van der Waals surface area contributed by atoms with Crippen LogP contribution in [0.5, 0.6) is 0 Å². The maximum atomic E-state index is 12.4. The number of hydrogen-bond acceptors (Lipinski definition) is 6. The number of para-hydroxylation sites is 1. The number of anilines is 1. The third-order valence-electron chi connectivity index (χ3n) is 3.93. The lowest BCUT2D eigenvalue weighted by atomic mass is 10.2. The van der Waals surface area contributed by atoms with Crippen LogP contribution in [0.4, 0.5) is 5.69 Å². The molecule has 0 bridgehead atoms. The lowest BCUT2D eigenvalue weighted by Crippen LogP contribution is -2.47. The van der Waals surface area contributed by atoms with E-state index in [4.69, 9.17) is 4.52 Å². The van der Waals surface area contributed by atoms with Crippen molar-refractivity contribution in [3.05, 3.63) is 42.0 Å². The molecule has 0 aliphatic heterocycles. The number of carbonyl (C=O) groups is 1. The van der Waals surface area contributed by atoms with Gasteiger partial charge in [0.05, 0.1) is 18.5 Å². The fraction of sp³-hybridized carbons (Fsp3) is 0.438. The average Bonchev–Trinajstić information content (AvgIpc) is 3.31. The SMILES string of the molecule is C[C@@H](C(=O)NCc1noc(C2CC2)n1)N(c1ccccc1)S(C)(=O)=O. The number of sulfonamides is 1. The summed E-state index contributed by atoms with van der Waals surface area (Å²) in [5.74, 6) is 0.883. The van der Waals surface area contributed by atoms with Crippen LogP contribution in [0.2, 0.25) is 0 Å². The van der Waals surface area contributed by atoms with E-state index in [1.54, 1.807) is 30.3 Å². The number of nitrogens with zero attached hydrogens (tertiary/aromatic N) is 3. The normalized spacial score (nSPS) is 15.6. The van der Waals surface area contributed by atoms with Gasteiger partial charge in [-0.05, 0) is 31.9 Å². The smallest absolute Gasteiger partial charge is 0.244 e. The quantitative estimate of drug-likeness (QED) is 0.796. The molecule has 1 amide bonds. The fourth-order valence-corrected chi connectivity index (χ4v) is 3.71. The van der Waals surface area contributed by atoms with E-state index in [-0.39, 0.29) is 6.54 Å². The summed E-state index contributed by atoms with van der Waals surface area (Å²) in [4.78, 5) is 16.7. The van der Waals surface area contributed by atoms with Gasteiger partial charge in [0.25, 0.3) is 0 Å². The molecule has 8 nitrogen and oxygen atoms in total. The standard InChI is InChI=1S/C16H20N4O4S/c1-11(20(25(2,22)23)13-6-4-3-5-7-13)15(21)17-10-14-18-16(24-19-14)12-8-9-12/h3-7,11-12H,8-10H2,1-2H3,(H,17,21)/t11-/m0/s1. The molecule has 3 rings (SSSR count). The highest BCUT2D eigenvalue weighted by Gasteiger charge is 2.31. The molecule has 0 spiro atoms. The molecular formula is C16H20N4O4S. The summed E-state index contributed by atoms with van der Waals surface area (Å²) < 4.78 is 30.5. The van der Waals surface area contributed by atoms with Crippen molar-refractivity contribution in [1.82, 2.24) is 15.5 Å². The van der Waals surface area contributed by atoms with Crippen molar-refractivity contribution < 1.29 is 17.7 Å². The molecule has 0 radical (unpaired) electrons. The fourth-order valence-electron chi connectivity index (χ4n) is 2.53. The van der Waals surface area contributed by atoms with Crippen LogP contribution in [0.1, 0.15) is 37.4 Å². The summed E-state index contributed by atoms with van der Waals surface area (Å²) in [6.45, 7) is 1.63. The number of nitrogens with one attached hydrogen (secondary N) is 1. The van der Waals surface area contributed by atoms with E-state index < -0.39 is 22.0 Å². The third-order valence-corrected chi connectivity index (χ3v) is 5.17. The molecule has 1 aromatic heterocycles. The van der Waals surface area contributed by atoms with Crippen molar-refractivity contribution in [3.8, 4) is 0 Å². The first kappa shape index (κ1) is 17.4. The Labute approximate surface area is 146 Å². The van der Waals surface area contributed by atoms with Gasteiger partial charge in [0.1, 0.15) is 6.04 Å². The Hall–Kier alpha value is -2.42. The third kappa shape index (κ3) is 4.16. The van der Waals surface area contributed by atoms with E-state index >= 15 is 0 Å². The molecule has 1 N–H and O–H groups in total. The average molecular weight is 364 g/mol. The van der Waals surface area contributed by atoms with Gasteiger partial charge in [-0.25, -0.2) is 8.42 Å². The Kier molecular flexibility index (Phi) is 4.76. The van der Waals surface area contributed by atoms with Crippen LogP contribution >= 0.6 is 0 Å². The lowest BCUT2D eigenvalue weighted by Gasteiger charge is -2.28. The number of aromatic nitrogens is 2. The zero-order valence-corrected chi connectivity index (χ0v) is 14.9. The summed E-state index contributed by atoms with van der Waals surface area (Å²) in [7, 11) is -3.62. The van der Waals surface area contributed by atoms with Crippen molar-refractivity contribution in [3.63, 3.8) is 0 Å². The Bertz CT molecular complexity index is 846. The second-order valence-corrected chi connectivity index (χ2v) is 7.97. The molecule has 1 heterocycles. The minimum atomic E-state index is -3.62. The minimum Gasteiger partial charge on any atom is -0.347 e. The van der Waals surface area contributed by atoms with E-state index in [1.807, 2.05) is 0 Å². The van der Waals surface area contributed by atoms with Gasteiger partial charge in [0.2, 0.25) is 21.8 Å². The molecule has 1 aromatic carbocycles. The maximum Gasteiger partial charge on any atom is 0.244 e. The van der Waals surface area contributed by atoms with Crippen LogP contribution in [-0.4, -0.2) is 36.8 Å². The molecule has 1 saturated carbocycles. The summed E-state index contributed by atoms with van der Waals surface area (Å²) in [5.41, 5.74) is 0.434. The molecule has 0 unspecified atom stereocenters. The number of benzene rings is 1. The molecule has 0 saturated heterocycles. The van der Waals surface area contributed by atoms with Crippen molar-refractivity contribution in [1.29, 1.82) is 0 Å². The Morgan fingerprint density at radius 1 is 1.36 bits per heavy atom. The maximum absolute atomic E-state index is 12.4. The molecular weight excluding hydrogens is 344 g/mol. The summed E-state index contributed by atoms with van der Waals surface area (Å²) in [6.07, 6.45) is 3.17. The van der Waals surface area contributed by atoms with E-state index in [2.05, 4.69) is 15.5 Å². The zero-order chi connectivity index (χ0) is 18.0. The van der Waals surface area contributed by atoms with Crippen LogP contribution in [-0.2, 0) is 21.4 Å². The molecule has 1 fully saturated rings. The van der Waals surface area contributed by atoms with E-state index in [9.17, 15) is 13.2 Å². The first-order chi connectivity index (χ1) is 11.9. The number of rotatable bonds is 7. The molecule has 134 valence electrons. The van der Waals surface area contributed by atoms with Gasteiger partial charge in [-0.2, -0.15) is 4.98 Å². The van der Waals surface area contributed by atoms with Crippen molar-refractivity contribution in [2.24, 2.45) is 0 Å². The van der Waals surface area contributed by atoms with Crippen molar-refractivity contribution in [2.75, 3.05) is 10.6 Å². The van der Waals surface area contributed by atoms with Gasteiger partial charge < -0.3 is 9.84 Å². The number of carbonyl (C=O) groups excluding carboxylic acids is 1. The highest BCUT2D eigenvalue weighted by Crippen LogP contribution is 2.38. The van der Waals surface area contributed by atoms with Gasteiger partial charge in [0, 0.05) is 5.92 Å². The van der Waals surface area contributed by atoms with Gasteiger partial charge >= 0.3 is 0 Å². The first-order valence-electron chi connectivity index (χ1n) is 8.01. The Balaban J connectivity index is 1.68. The molecule has 1 aliphatic carbocycles. The van der Waals surface area contributed by atoms with Gasteiger partial charge in [-0.15, -0.1) is 0 Å². The second-order valence-electron chi connectivity index (χ2n) is 6.11. The van der Waals surface area contributed by atoms with Crippen molar-refractivity contribution >= 4 is 21.6 Å². The Morgan fingerprint density at radius 2 is 2.04 bits per heavy atom.